The highest BCUT2D eigenvalue weighted by Crippen LogP contribution is 2.33. The summed E-state index contributed by atoms with van der Waals surface area (Å²) in [5.74, 6) is 0. The molecule has 0 radical (unpaired) electrons. The van der Waals surface area contributed by atoms with E-state index in [1.807, 2.05) is 18.2 Å². The van der Waals surface area contributed by atoms with Crippen LogP contribution in [0.4, 0.5) is 0 Å². The Hall–Kier alpha value is -1.68. The van der Waals surface area contributed by atoms with Crippen LogP contribution in [0.5, 0.6) is 0 Å². The van der Waals surface area contributed by atoms with Crippen LogP contribution in [0, 0.1) is 0 Å². The first-order valence-electron chi connectivity index (χ1n) is 4.89. The third-order valence-corrected chi connectivity index (χ3v) is 3.07. The number of nitrogens with zero attached hydrogens (tertiary/aromatic N) is 2. The molecule has 0 amide bonds. The number of hydrogen-bond acceptors (Lipinski definition) is 2. The van der Waals surface area contributed by atoms with Crippen molar-refractivity contribution in [1.29, 1.82) is 0 Å². The van der Waals surface area contributed by atoms with Crippen LogP contribution in [-0.2, 0) is 0 Å². The molecule has 0 fully saturated rings. The van der Waals surface area contributed by atoms with E-state index in [-0.39, 0.29) is 0 Å². The van der Waals surface area contributed by atoms with Crippen molar-refractivity contribution in [3.05, 3.63) is 47.5 Å². The van der Waals surface area contributed by atoms with Crippen molar-refractivity contribution >= 4 is 27.0 Å². The van der Waals surface area contributed by atoms with Crippen molar-refractivity contribution in [2.24, 2.45) is 0 Å². The Morgan fingerprint density at radius 1 is 1.12 bits per heavy atom. The smallest absolute Gasteiger partial charge is 0.116 e. The van der Waals surface area contributed by atoms with E-state index in [2.05, 4.69) is 43.0 Å². The van der Waals surface area contributed by atoms with Crippen LogP contribution in [0.15, 0.2) is 47.5 Å². The summed E-state index contributed by atoms with van der Waals surface area (Å²) in [7, 11) is 0. The van der Waals surface area contributed by atoms with E-state index in [1.54, 1.807) is 12.5 Å². The number of nitrogens with one attached hydrogen (secondary N) is 1. The Balaban J connectivity index is 2.35. The summed E-state index contributed by atoms with van der Waals surface area (Å²) >= 11 is 3.52. The van der Waals surface area contributed by atoms with Crippen LogP contribution >= 0.6 is 15.9 Å². The molecule has 16 heavy (non-hydrogen) atoms. The van der Waals surface area contributed by atoms with Gasteiger partial charge in [-0.25, -0.2) is 9.97 Å². The summed E-state index contributed by atoms with van der Waals surface area (Å²) < 4.78 is 0.939. The molecule has 0 saturated carbocycles. The lowest BCUT2D eigenvalue weighted by Crippen LogP contribution is -1.80. The van der Waals surface area contributed by atoms with Crippen molar-refractivity contribution in [3.8, 4) is 11.1 Å². The number of hydrogen-bond donors (Lipinski definition) is 1. The van der Waals surface area contributed by atoms with Crippen molar-refractivity contribution in [2.45, 2.75) is 0 Å². The van der Waals surface area contributed by atoms with Gasteiger partial charge in [0.25, 0.3) is 0 Å². The molecule has 2 heterocycles. The van der Waals surface area contributed by atoms with E-state index in [1.165, 1.54) is 0 Å². The van der Waals surface area contributed by atoms with Crippen LogP contribution in [0.2, 0.25) is 0 Å². The van der Waals surface area contributed by atoms with Crippen molar-refractivity contribution < 1.29 is 0 Å². The second-order valence-electron chi connectivity index (χ2n) is 3.47. The van der Waals surface area contributed by atoms with Crippen LogP contribution in [0.25, 0.3) is 22.2 Å². The molecule has 4 heteroatoms. The normalized spacial score (nSPS) is 10.8. The first-order valence-corrected chi connectivity index (χ1v) is 5.68. The number of H-pyrrole nitrogens is 1. The second kappa shape index (κ2) is 3.72. The molecule has 1 aromatic carbocycles. The minimum absolute atomic E-state index is 0.938. The van der Waals surface area contributed by atoms with E-state index in [0.29, 0.717) is 0 Å². The lowest BCUT2D eigenvalue weighted by Gasteiger charge is -1.98. The fourth-order valence-electron chi connectivity index (χ4n) is 1.77. The number of aromatic nitrogens is 3. The van der Waals surface area contributed by atoms with Gasteiger partial charge in [0.05, 0.1) is 16.3 Å². The first kappa shape index (κ1) is 9.54. The van der Waals surface area contributed by atoms with Crippen LogP contribution < -0.4 is 0 Å². The number of fused-ring (bicyclic) bond motifs is 1. The van der Waals surface area contributed by atoms with Crippen LogP contribution in [0.1, 0.15) is 0 Å². The Morgan fingerprint density at radius 2 is 1.94 bits per heavy atom. The highest BCUT2D eigenvalue weighted by atomic mass is 79.9. The predicted octanol–water partition coefficient (Wildman–Crippen LogP) is 3.39. The molecule has 2 aromatic heterocycles. The monoisotopic (exact) mass is 273 g/mol. The molecule has 1 N–H and O–H groups in total. The van der Waals surface area contributed by atoms with Crippen LogP contribution in [0.3, 0.4) is 0 Å². The molecule has 3 rings (SSSR count). The maximum atomic E-state index is 4.31. The summed E-state index contributed by atoms with van der Waals surface area (Å²) in [6.45, 7) is 0. The predicted molar refractivity (Wildman–Crippen MR) is 67.0 cm³/mol. The molecule has 0 bridgehead atoms. The molecular weight excluding hydrogens is 266 g/mol. The second-order valence-corrected chi connectivity index (χ2v) is 4.26. The van der Waals surface area contributed by atoms with Gasteiger partial charge >= 0.3 is 0 Å². The van der Waals surface area contributed by atoms with Crippen molar-refractivity contribution in [1.82, 2.24) is 15.0 Å². The van der Waals surface area contributed by atoms with Gasteiger partial charge in [-0.3, -0.25) is 0 Å². The molecule has 0 atom stereocenters. The molecule has 0 aliphatic heterocycles. The third kappa shape index (κ3) is 1.42. The third-order valence-electron chi connectivity index (χ3n) is 2.48. The van der Waals surface area contributed by atoms with Gasteiger partial charge in [0, 0.05) is 5.56 Å². The SMILES string of the molecule is Brc1[nH]c2cncnc2c1-c1ccccc1. The zero-order valence-electron chi connectivity index (χ0n) is 8.31. The van der Waals surface area contributed by atoms with Gasteiger partial charge in [-0.05, 0) is 21.5 Å². The fourth-order valence-corrected chi connectivity index (χ4v) is 2.40. The quantitative estimate of drug-likeness (QED) is 0.739. The van der Waals surface area contributed by atoms with E-state index >= 15 is 0 Å². The van der Waals surface area contributed by atoms with Gasteiger partial charge in [0.15, 0.2) is 0 Å². The molecule has 3 aromatic rings. The summed E-state index contributed by atoms with van der Waals surface area (Å²) in [4.78, 5) is 11.5. The largest absolute Gasteiger partial charge is 0.346 e. The summed E-state index contributed by atoms with van der Waals surface area (Å²) in [6, 6.07) is 10.2. The van der Waals surface area contributed by atoms with E-state index < -0.39 is 0 Å². The molecule has 0 saturated heterocycles. The number of aromatic amines is 1. The van der Waals surface area contributed by atoms with Crippen molar-refractivity contribution in [2.75, 3.05) is 0 Å². The lowest BCUT2D eigenvalue weighted by molar-refractivity contribution is 1.22. The minimum atomic E-state index is 0.938. The fraction of sp³-hybridized carbons (Fsp3) is 0. The molecule has 3 nitrogen and oxygen atoms in total. The standard InChI is InChI=1S/C12H8BrN3/c13-12-10(8-4-2-1-3-5-8)11-9(16-12)6-14-7-15-11/h1-7,16H. The Kier molecular flexibility index (Phi) is 2.22. The van der Waals surface area contributed by atoms with Gasteiger partial charge in [0.1, 0.15) is 11.8 Å². The first-order chi connectivity index (χ1) is 7.86. The van der Waals surface area contributed by atoms with Gasteiger partial charge < -0.3 is 4.98 Å². The lowest BCUT2D eigenvalue weighted by atomic mass is 10.1. The minimum Gasteiger partial charge on any atom is -0.346 e. The maximum Gasteiger partial charge on any atom is 0.116 e. The van der Waals surface area contributed by atoms with Gasteiger partial charge in [-0.2, -0.15) is 0 Å². The average molecular weight is 274 g/mol. The Labute approximate surface area is 101 Å². The molecule has 78 valence electrons. The molecule has 0 unspecified atom stereocenters. The highest BCUT2D eigenvalue weighted by molar-refractivity contribution is 9.10. The van der Waals surface area contributed by atoms with E-state index in [9.17, 15) is 0 Å². The highest BCUT2D eigenvalue weighted by Gasteiger charge is 2.11. The Morgan fingerprint density at radius 3 is 2.75 bits per heavy atom. The van der Waals surface area contributed by atoms with E-state index in [4.69, 9.17) is 0 Å². The zero-order chi connectivity index (χ0) is 11.0. The molecular formula is C12H8BrN3. The van der Waals surface area contributed by atoms with Gasteiger partial charge in [-0.15, -0.1) is 0 Å². The van der Waals surface area contributed by atoms with Crippen molar-refractivity contribution in [3.63, 3.8) is 0 Å². The summed E-state index contributed by atoms with van der Waals surface area (Å²) in [5.41, 5.74) is 4.10. The number of benzene rings is 1. The molecule has 0 aliphatic rings. The van der Waals surface area contributed by atoms with Gasteiger partial charge in [-0.1, -0.05) is 30.3 Å². The topological polar surface area (TPSA) is 41.6 Å². The summed E-state index contributed by atoms with van der Waals surface area (Å²) in [6.07, 6.45) is 3.34. The van der Waals surface area contributed by atoms with E-state index in [0.717, 1.165) is 26.8 Å². The summed E-state index contributed by atoms with van der Waals surface area (Å²) in [5, 5.41) is 0. The van der Waals surface area contributed by atoms with Gasteiger partial charge in [0.2, 0.25) is 0 Å². The maximum absolute atomic E-state index is 4.31. The average Bonchev–Trinajstić information content (AvgIpc) is 2.66. The zero-order valence-corrected chi connectivity index (χ0v) is 9.90. The Bertz CT molecular complexity index is 631. The number of halogens is 1. The molecule has 0 spiro atoms. The van der Waals surface area contributed by atoms with Crippen LogP contribution in [-0.4, -0.2) is 15.0 Å². The molecule has 0 aliphatic carbocycles. The number of rotatable bonds is 1.